The topological polar surface area (TPSA) is 72.9 Å². The lowest BCUT2D eigenvalue weighted by Crippen LogP contribution is -2.28. The molecule has 0 fully saturated rings. The Morgan fingerprint density at radius 2 is 2.05 bits per heavy atom. The molecule has 3 aromatic rings. The van der Waals surface area contributed by atoms with Crippen molar-refractivity contribution >= 4 is 23.0 Å². The van der Waals surface area contributed by atoms with Gasteiger partial charge in [0.2, 0.25) is 5.95 Å². The van der Waals surface area contributed by atoms with Crippen LogP contribution in [0.25, 0.3) is 11.0 Å². The number of para-hydroxylation sites is 2. The molecule has 0 saturated heterocycles. The van der Waals surface area contributed by atoms with Crippen molar-refractivity contribution in [2.45, 2.75) is 13.5 Å². The fourth-order valence-corrected chi connectivity index (χ4v) is 2.34. The van der Waals surface area contributed by atoms with Crippen LogP contribution in [0.15, 0.2) is 48.5 Å². The van der Waals surface area contributed by atoms with Gasteiger partial charge >= 0.3 is 6.03 Å². The number of fused-ring (bicyclic) bond motifs is 1. The third-order valence-electron chi connectivity index (χ3n) is 3.32. The Morgan fingerprint density at radius 1 is 1.24 bits per heavy atom. The molecule has 1 amide bonds. The number of carbonyl (C=O) groups excluding carboxylic acids is 1. The van der Waals surface area contributed by atoms with Crippen molar-refractivity contribution in [2.75, 3.05) is 5.73 Å². The van der Waals surface area contributed by atoms with E-state index in [0.29, 0.717) is 17.6 Å². The molecule has 106 valence electrons. The lowest BCUT2D eigenvalue weighted by molar-refractivity contribution is 0.243. The summed E-state index contributed by atoms with van der Waals surface area (Å²) in [6.45, 7) is 2.47. The Labute approximate surface area is 122 Å². The largest absolute Gasteiger partial charge is 0.369 e. The number of nitrogen functional groups attached to an aromatic ring is 1. The summed E-state index contributed by atoms with van der Waals surface area (Å²) in [7, 11) is 0. The third-order valence-corrected chi connectivity index (χ3v) is 3.32. The molecule has 1 heterocycles. The smallest absolute Gasteiger partial charge is 0.329 e. The van der Waals surface area contributed by atoms with Crippen molar-refractivity contribution in [3.8, 4) is 0 Å². The number of hydrogen-bond acceptors (Lipinski definition) is 3. The number of imidazole rings is 1. The molecule has 0 atom stereocenters. The van der Waals surface area contributed by atoms with Gasteiger partial charge in [0.1, 0.15) is 0 Å². The van der Waals surface area contributed by atoms with E-state index >= 15 is 0 Å². The van der Waals surface area contributed by atoms with Gasteiger partial charge in [0.05, 0.1) is 11.0 Å². The Kier molecular flexibility index (Phi) is 3.31. The molecule has 0 aliphatic rings. The third kappa shape index (κ3) is 2.58. The summed E-state index contributed by atoms with van der Waals surface area (Å²) in [4.78, 5) is 16.5. The molecule has 0 unspecified atom stereocenters. The van der Waals surface area contributed by atoms with E-state index in [9.17, 15) is 4.79 Å². The van der Waals surface area contributed by atoms with E-state index in [1.165, 1.54) is 4.57 Å². The predicted molar refractivity (Wildman–Crippen MR) is 83.0 cm³/mol. The Hall–Kier alpha value is -2.82. The standard InChI is InChI=1S/C16H16N4O/c1-11-5-4-6-12(9-11)10-18-16(21)20-14-8-3-2-7-13(14)19-15(20)17/h2-9H,10H2,1H3,(H2,17,19)(H,18,21). The summed E-state index contributed by atoms with van der Waals surface area (Å²) in [5, 5.41) is 2.87. The molecular weight excluding hydrogens is 264 g/mol. The van der Waals surface area contributed by atoms with Gasteiger partial charge in [-0.1, -0.05) is 42.0 Å². The second-order valence-corrected chi connectivity index (χ2v) is 4.94. The van der Waals surface area contributed by atoms with Crippen LogP contribution in [0.4, 0.5) is 10.7 Å². The number of amides is 1. The number of hydrogen-bond donors (Lipinski definition) is 2. The van der Waals surface area contributed by atoms with Crippen LogP contribution in [0, 0.1) is 6.92 Å². The average Bonchev–Trinajstić information content (AvgIpc) is 2.81. The molecule has 21 heavy (non-hydrogen) atoms. The van der Waals surface area contributed by atoms with E-state index < -0.39 is 0 Å². The summed E-state index contributed by atoms with van der Waals surface area (Å²) < 4.78 is 1.39. The number of nitrogens with two attached hydrogens (primary N) is 1. The van der Waals surface area contributed by atoms with Crippen LogP contribution in [0.1, 0.15) is 11.1 Å². The second kappa shape index (κ2) is 5.28. The summed E-state index contributed by atoms with van der Waals surface area (Å²) in [5.41, 5.74) is 9.46. The van der Waals surface area contributed by atoms with Crippen molar-refractivity contribution in [2.24, 2.45) is 0 Å². The van der Waals surface area contributed by atoms with Gasteiger partial charge in [-0.2, -0.15) is 0 Å². The highest BCUT2D eigenvalue weighted by Crippen LogP contribution is 2.16. The van der Waals surface area contributed by atoms with Gasteiger partial charge in [0.15, 0.2) is 0 Å². The maximum absolute atomic E-state index is 12.3. The lowest BCUT2D eigenvalue weighted by atomic mass is 10.1. The quantitative estimate of drug-likeness (QED) is 0.758. The van der Waals surface area contributed by atoms with Gasteiger partial charge in [-0.05, 0) is 24.6 Å². The average molecular weight is 280 g/mol. The van der Waals surface area contributed by atoms with Gasteiger partial charge in [0.25, 0.3) is 0 Å². The highest BCUT2D eigenvalue weighted by molar-refractivity contribution is 5.92. The Balaban J connectivity index is 1.83. The number of benzene rings is 2. The number of nitrogens with zero attached hydrogens (tertiary/aromatic N) is 2. The molecule has 0 spiro atoms. The molecule has 0 aliphatic heterocycles. The van der Waals surface area contributed by atoms with Gasteiger partial charge < -0.3 is 11.1 Å². The number of anilines is 1. The van der Waals surface area contributed by atoms with Crippen LogP contribution in [0.2, 0.25) is 0 Å². The molecule has 1 aromatic heterocycles. The minimum absolute atomic E-state index is 0.193. The zero-order valence-corrected chi connectivity index (χ0v) is 11.7. The van der Waals surface area contributed by atoms with Crippen molar-refractivity contribution in [1.29, 1.82) is 0 Å². The van der Waals surface area contributed by atoms with E-state index in [1.54, 1.807) is 0 Å². The first-order valence-corrected chi connectivity index (χ1v) is 6.72. The maximum Gasteiger partial charge on any atom is 0.329 e. The minimum Gasteiger partial charge on any atom is -0.369 e. The fraction of sp³-hybridized carbons (Fsp3) is 0.125. The summed E-state index contributed by atoms with van der Waals surface area (Å²) in [5.74, 6) is 0.193. The highest BCUT2D eigenvalue weighted by atomic mass is 16.2. The number of aryl methyl sites for hydroxylation is 1. The first-order chi connectivity index (χ1) is 10.1. The van der Waals surface area contributed by atoms with Crippen molar-refractivity contribution in [3.63, 3.8) is 0 Å². The highest BCUT2D eigenvalue weighted by Gasteiger charge is 2.13. The van der Waals surface area contributed by atoms with Crippen LogP contribution >= 0.6 is 0 Å². The van der Waals surface area contributed by atoms with Crippen LogP contribution in [0.5, 0.6) is 0 Å². The first kappa shape index (κ1) is 13.2. The molecule has 0 bridgehead atoms. The number of rotatable bonds is 2. The van der Waals surface area contributed by atoms with Crippen molar-refractivity contribution in [1.82, 2.24) is 14.9 Å². The molecule has 2 aromatic carbocycles. The van der Waals surface area contributed by atoms with E-state index in [4.69, 9.17) is 5.73 Å². The van der Waals surface area contributed by atoms with Crippen LogP contribution in [0.3, 0.4) is 0 Å². The van der Waals surface area contributed by atoms with Crippen LogP contribution in [-0.4, -0.2) is 15.6 Å². The Bertz CT molecular complexity index is 807. The number of aromatic nitrogens is 2. The first-order valence-electron chi connectivity index (χ1n) is 6.72. The molecular formula is C16H16N4O. The second-order valence-electron chi connectivity index (χ2n) is 4.94. The zero-order valence-electron chi connectivity index (χ0n) is 11.7. The number of nitrogens with one attached hydrogen (secondary N) is 1. The van der Waals surface area contributed by atoms with E-state index in [-0.39, 0.29) is 12.0 Å². The van der Waals surface area contributed by atoms with E-state index in [0.717, 1.165) is 11.1 Å². The zero-order chi connectivity index (χ0) is 14.8. The molecule has 0 aliphatic carbocycles. The van der Waals surface area contributed by atoms with Gasteiger partial charge in [-0.3, -0.25) is 0 Å². The molecule has 0 saturated carbocycles. The van der Waals surface area contributed by atoms with Crippen molar-refractivity contribution in [3.05, 3.63) is 59.7 Å². The minimum atomic E-state index is -0.275. The van der Waals surface area contributed by atoms with Gasteiger partial charge in [-0.15, -0.1) is 0 Å². The van der Waals surface area contributed by atoms with Crippen molar-refractivity contribution < 1.29 is 4.79 Å². The summed E-state index contributed by atoms with van der Waals surface area (Å²) in [6, 6.07) is 15.1. The predicted octanol–water partition coefficient (Wildman–Crippen LogP) is 2.68. The lowest BCUT2D eigenvalue weighted by Gasteiger charge is -2.08. The van der Waals surface area contributed by atoms with Crippen LogP contribution in [-0.2, 0) is 6.54 Å². The SMILES string of the molecule is Cc1cccc(CNC(=O)n2c(N)nc3ccccc32)c1. The van der Waals surface area contributed by atoms with Crippen LogP contribution < -0.4 is 11.1 Å². The Morgan fingerprint density at radius 3 is 2.86 bits per heavy atom. The maximum atomic E-state index is 12.3. The summed E-state index contributed by atoms with van der Waals surface area (Å²) in [6.07, 6.45) is 0. The normalized spacial score (nSPS) is 10.7. The fourth-order valence-electron chi connectivity index (χ4n) is 2.34. The summed E-state index contributed by atoms with van der Waals surface area (Å²) >= 11 is 0. The molecule has 0 radical (unpaired) electrons. The van der Waals surface area contributed by atoms with Gasteiger partial charge in [-0.25, -0.2) is 14.3 Å². The molecule has 3 rings (SSSR count). The van der Waals surface area contributed by atoms with E-state index in [2.05, 4.69) is 10.3 Å². The van der Waals surface area contributed by atoms with E-state index in [1.807, 2.05) is 55.5 Å². The molecule has 3 N–H and O–H groups in total. The number of carbonyl (C=O) groups is 1. The van der Waals surface area contributed by atoms with Gasteiger partial charge in [0, 0.05) is 6.54 Å². The monoisotopic (exact) mass is 280 g/mol. The molecule has 5 nitrogen and oxygen atoms in total. The molecule has 5 heteroatoms.